The summed E-state index contributed by atoms with van der Waals surface area (Å²) in [5, 5.41) is 4.09. The van der Waals surface area contributed by atoms with Crippen molar-refractivity contribution in [2.75, 3.05) is 6.54 Å². The molecule has 26 heavy (non-hydrogen) atoms. The van der Waals surface area contributed by atoms with Gasteiger partial charge in [0.25, 0.3) is 0 Å². The predicted molar refractivity (Wildman–Crippen MR) is 104 cm³/mol. The third-order valence-electron chi connectivity index (χ3n) is 4.80. The minimum absolute atomic E-state index is 0.0138. The molecule has 4 heteroatoms. The number of carbonyl (C=O) groups excluding carboxylic acids is 2. The molecule has 0 aliphatic rings. The van der Waals surface area contributed by atoms with Gasteiger partial charge in [-0.2, -0.15) is 0 Å². The van der Waals surface area contributed by atoms with Gasteiger partial charge in [0.2, 0.25) is 5.91 Å². The Balaban J connectivity index is 1.45. The standard InChI is InChI=1S/C22H24N2O2/c1-15-7-8-17(13-16(15)2)21(25)9-10-22(26)23-12-11-18-14-24-20-6-4-3-5-19(18)20/h3-8,13-14,24H,9-12H2,1-2H3,(H,23,26). The first-order chi connectivity index (χ1) is 12.5. The first kappa shape index (κ1) is 17.9. The number of rotatable bonds is 7. The molecule has 0 atom stereocenters. The number of carbonyl (C=O) groups is 2. The van der Waals surface area contributed by atoms with Crippen LogP contribution < -0.4 is 5.32 Å². The van der Waals surface area contributed by atoms with Gasteiger partial charge in [-0.3, -0.25) is 9.59 Å². The summed E-state index contributed by atoms with van der Waals surface area (Å²) in [7, 11) is 0. The van der Waals surface area contributed by atoms with E-state index in [9.17, 15) is 9.59 Å². The van der Waals surface area contributed by atoms with Crippen molar-refractivity contribution < 1.29 is 9.59 Å². The number of amides is 1. The summed E-state index contributed by atoms with van der Waals surface area (Å²) < 4.78 is 0. The smallest absolute Gasteiger partial charge is 0.220 e. The lowest BCUT2D eigenvalue weighted by molar-refractivity contribution is -0.121. The van der Waals surface area contributed by atoms with Crippen molar-refractivity contribution in [1.29, 1.82) is 0 Å². The molecule has 3 rings (SSSR count). The summed E-state index contributed by atoms with van der Waals surface area (Å²) in [5.74, 6) is -0.0677. The third kappa shape index (κ3) is 4.20. The van der Waals surface area contributed by atoms with E-state index >= 15 is 0 Å². The molecular weight excluding hydrogens is 324 g/mol. The lowest BCUT2D eigenvalue weighted by Crippen LogP contribution is -2.26. The van der Waals surface area contributed by atoms with Crippen molar-refractivity contribution >= 4 is 22.6 Å². The van der Waals surface area contributed by atoms with E-state index in [0.29, 0.717) is 12.1 Å². The van der Waals surface area contributed by atoms with Gasteiger partial charge in [0, 0.05) is 42.0 Å². The number of aryl methyl sites for hydroxylation is 2. The Bertz CT molecular complexity index is 940. The zero-order valence-corrected chi connectivity index (χ0v) is 15.3. The van der Waals surface area contributed by atoms with Crippen molar-refractivity contribution in [3.8, 4) is 0 Å². The van der Waals surface area contributed by atoms with E-state index in [2.05, 4.69) is 16.4 Å². The highest BCUT2D eigenvalue weighted by Gasteiger charge is 2.10. The van der Waals surface area contributed by atoms with Crippen LogP contribution in [-0.4, -0.2) is 23.2 Å². The maximum absolute atomic E-state index is 12.2. The van der Waals surface area contributed by atoms with Crippen molar-refractivity contribution in [1.82, 2.24) is 10.3 Å². The fraction of sp³-hybridized carbons (Fsp3) is 0.273. The molecule has 3 aromatic rings. The summed E-state index contributed by atoms with van der Waals surface area (Å²) in [6.45, 7) is 4.58. The average Bonchev–Trinajstić information content (AvgIpc) is 3.05. The number of aromatic nitrogens is 1. The molecule has 1 aromatic heterocycles. The van der Waals surface area contributed by atoms with Gasteiger partial charge >= 0.3 is 0 Å². The van der Waals surface area contributed by atoms with Crippen LogP contribution in [0.1, 0.15) is 39.9 Å². The van der Waals surface area contributed by atoms with Gasteiger partial charge in [0.15, 0.2) is 5.78 Å². The van der Waals surface area contributed by atoms with E-state index in [4.69, 9.17) is 0 Å². The molecule has 0 saturated heterocycles. The Labute approximate surface area is 153 Å². The maximum atomic E-state index is 12.2. The number of hydrogen-bond donors (Lipinski definition) is 2. The number of H-pyrrole nitrogens is 1. The normalized spacial score (nSPS) is 10.8. The number of ketones is 1. The molecule has 0 aliphatic heterocycles. The fourth-order valence-electron chi connectivity index (χ4n) is 3.05. The van der Waals surface area contributed by atoms with E-state index in [1.165, 1.54) is 10.9 Å². The number of fused-ring (bicyclic) bond motifs is 1. The fourth-order valence-corrected chi connectivity index (χ4v) is 3.05. The summed E-state index contributed by atoms with van der Waals surface area (Å²) in [5.41, 5.74) is 5.23. The van der Waals surface area contributed by atoms with Crippen molar-refractivity contribution in [3.05, 3.63) is 70.9 Å². The maximum Gasteiger partial charge on any atom is 0.220 e. The van der Waals surface area contributed by atoms with Gasteiger partial charge in [-0.1, -0.05) is 30.3 Å². The zero-order chi connectivity index (χ0) is 18.5. The number of Topliss-reactive ketones (excluding diaryl/α,β-unsaturated/α-hetero) is 1. The van der Waals surface area contributed by atoms with E-state index in [-0.39, 0.29) is 24.5 Å². The van der Waals surface area contributed by atoms with Crippen LogP contribution in [0, 0.1) is 13.8 Å². The SMILES string of the molecule is Cc1ccc(C(=O)CCC(=O)NCCc2c[nH]c3ccccc23)cc1C. The van der Waals surface area contributed by atoms with Crippen molar-refractivity contribution in [3.63, 3.8) is 0 Å². The van der Waals surface area contributed by atoms with Gasteiger partial charge in [-0.05, 0) is 49.1 Å². The largest absolute Gasteiger partial charge is 0.361 e. The van der Waals surface area contributed by atoms with Gasteiger partial charge in [0.05, 0.1) is 0 Å². The minimum Gasteiger partial charge on any atom is -0.361 e. The molecule has 0 unspecified atom stereocenters. The second-order valence-electron chi connectivity index (χ2n) is 6.68. The van der Waals surface area contributed by atoms with Crippen LogP contribution in [0.25, 0.3) is 10.9 Å². The van der Waals surface area contributed by atoms with Crippen molar-refractivity contribution in [2.45, 2.75) is 33.1 Å². The molecule has 0 radical (unpaired) electrons. The summed E-state index contributed by atoms with van der Waals surface area (Å²) >= 11 is 0. The molecule has 0 fully saturated rings. The molecule has 2 N–H and O–H groups in total. The molecule has 1 heterocycles. The van der Waals surface area contributed by atoms with Crippen LogP contribution in [0.2, 0.25) is 0 Å². The minimum atomic E-state index is -0.0815. The molecule has 2 aromatic carbocycles. The topological polar surface area (TPSA) is 62.0 Å². The predicted octanol–water partition coefficient (Wildman–Crippen LogP) is 4.11. The summed E-state index contributed by atoms with van der Waals surface area (Å²) in [4.78, 5) is 27.5. The van der Waals surface area contributed by atoms with Gasteiger partial charge in [-0.15, -0.1) is 0 Å². The molecule has 1 amide bonds. The highest BCUT2D eigenvalue weighted by Crippen LogP contribution is 2.17. The van der Waals surface area contributed by atoms with E-state index in [0.717, 1.165) is 23.1 Å². The van der Waals surface area contributed by atoms with E-state index in [1.54, 1.807) is 0 Å². The second kappa shape index (κ2) is 8.00. The number of hydrogen-bond acceptors (Lipinski definition) is 2. The summed E-state index contributed by atoms with van der Waals surface area (Å²) in [6.07, 6.45) is 3.21. The summed E-state index contributed by atoms with van der Waals surface area (Å²) in [6, 6.07) is 13.8. The Morgan fingerprint density at radius 1 is 1.00 bits per heavy atom. The van der Waals surface area contributed by atoms with Gasteiger partial charge < -0.3 is 10.3 Å². The van der Waals surface area contributed by atoms with Crippen LogP contribution in [0.4, 0.5) is 0 Å². The monoisotopic (exact) mass is 348 g/mol. The molecule has 134 valence electrons. The Morgan fingerprint density at radius 2 is 1.81 bits per heavy atom. The molecular formula is C22H24N2O2. The van der Waals surface area contributed by atoms with Crippen LogP contribution in [0.15, 0.2) is 48.7 Å². The van der Waals surface area contributed by atoms with Crippen molar-refractivity contribution in [2.24, 2.45) is 0 Å². The van der Waals surface area contributed by atoms with Crippen LogP contribution >= 0.6 is 0 Å². The first-order valence-corrected chi connectivity index (χ1v) is 8.97. The Hall–Kier alpha value is -2.88. The number of benzene rings is 2. The number of aromatic amines is 1. The molecule has 0 aliphatic carbocycles. The van der Waals surface area contributed by atoms with E-state index in [1.807, 2.05) is 56.4 Å². The van der Waals surface area contributed by atoms with Crippen LogP contribution in [-0.2, 0) is 11.2 Å². The van der Waals surface area contributed by atoms with Crippen LogP contribution in [0.3, 0.4) is 0 Å². The van der Waals surface area contributed by atoms with E-state index < -0.39 is 0 Å². The molecule has 0 spiro atoms. The Morgan fingerprint density at radius 3 is 2.62 bits per heavy atom. The average molecular weight is 348 g/mol. The van der Waals surface area contributed by atoms with Gasteiger partial charge in [-0.25, -0.2) is 0 Å². The number of para-hydroxylation sites is 1. The Kier molecular flexibility index (Phi) is 5.52. The lowest BCUT2D eigenvalue weighted by atomic mass is 10.0. The quantitative estimate of drug-likeness (QED) is 0.631. The number of nitrogens with one attached hydrogen (secondary N) is 2. The zero-order valence-electron chi connectivity index (χ0n) is 15.3. The second-order valence-corrected chi connectivity index (χ2v) is 6.68. The third-order valence-corrected chi connectivity index (χ3v) is 4.80. The van der Waals surface area contributed by atoms with Crippen LogP contribution in [0.5, 0.6) is 0 Å². The molecule has 4 nitrogen and oxygen atoms in total. The highest BCUT2D eigenvalue weighted by atomic mass is 16.2. The molecule has 0 saturated carbocycles. The van der Waals surface area contributed by atoms with Gasteiger partial charge in [0.1, 0.15) is 0 Å². The first-order valence-electron chi connectivity index (χ1n) is 8.97. The highest BCUT2D eigenvalue weighted by molar-refractivity contribution is 5.98. The molecule has 0 bridgehead atoms. The lowest BCUT2D eigenvalue weighted by Gasteiger charge is -2.06.